The Balaban J connectivity index is 1.06. The summed E-state index contributed by atoms with van der Waals surface area (Å²) in [5, 5.41) is 12.6. The molecular weight excluding hydrogens is 516 g/mol. The number of carbonyl (C=O) groups is 2. The zero-order chi connectivity index (χ0) is 26.1. The van der Waals surface area contributed by atoms with E-state index in [2.05, 4.69) is 15.5 Å². The third-order valence-corrected chi connectivity index (χ3v) is 8.79. The molecule has 2 amide bonds. The van der Waals surface area contributed by atoms with E-state index in [-0.39, 0.29) is 25.2 Å². The van der Waals surface area contributed by atoms with Gasteiger partial charge in [0, 0.05) is 28.8 Å². The number of hydrogen-bond donors (Lipinski definition) is 1. The van der Waals surface area contributed by atoms with Gasteiger partial charge in [-0.3, -0.25) is 14.9 Å². The van der Waals surface area contributed by atoms with Crippen molar-refractivity contribution in [2.24, 2.45) is 0 Å². The number of nitrogens with one attached hydrogen (secondary N) is 1. The molecule has 0 saturated heterocycles. The normalized spacial score (nSPS) is 20.2. The van der Waals surface area contributed by atoms with Crippen LogP contribution in [0, 0.1) is 0 Å². The Morgan fingerprint density at radius 3 is 2.59 bits per heavy atom. The van der Waals surface area contributed by atoms with Crippen LogP contribution in [-0.4, -0.2) is 35.4 Å². The molecule has 0 bridgehead atoms. The molecule has 4 aliphatic rings. The molecular formula is C29H22N4O5S. The number of nitrogens with zero attached hydrogens (tertiary/aromatic N) is 3. The molecule has 1 unspecified atom stereocenters. The van der Waals surface area contributed by atoms with Gasteiger partial charge >= 0.3 is 0 Å². The number of ether oxygens (including phenoxy) is 3. The van der Waals surface area contributed by atoms with Crippen LogP contribution in [0.2, 0.25) is 0 Å². The lowest BCUT2D eigenvalue weighted by atomic mass is 9.77. The SMILES string of the molecule is O=C(Nc1nnc(C2CC2)s1)c1ccc(CN2C(=O)C3(COc4cc5c(cc43)OCO5)c3ccccc32)cc1. The third kappa shape index (κ3) is 3.44. The number of amides is 2. The fourth-order valence-corrected chi connectivity index (χ4v) is 6.52. The lowest BCUT2D eigenvalue weighted by Crippen LogP contribution is -2.42. The second-order valence-corrected chi connectivity index (χ2v) is 11.2. The molecule has 4 aromatic rings. The van der Waals surface area contributed by atoms with Crippen molar-refractivity contribution in [2.45, 2.75) is 30.7 Å². The molecule has 8 rings (SSSR count). The number of rotatable bonds is 5. The highest BCUT2D eigenvalue weighted by Gasteiger charge is 2.57. The molecule has 1 saturated carbocycles. The maximum atomic E-state index is 14.2. The predicted octanol–water partition coefficient (Wildman–Crippen LogP) is 4.62. The first-order valence-corrected chi connectivity index (χ1v) is 13.6. The predicted molar refractivity (Wildman–Crippen MR) is 143 cm³/mol. The molecule has 1 atom stereocenters. The van der Waals surface area contributed by atoms with Gasteiger partial charge in [-0.1, -0.05) is 41.7 Å². The Bertz CT molecular complexity index is 1660. The van der Waals surface area contributed by atoms with E-state index < -0.39 is 5.41 Å². The minimum absolute atomic E-state index is 0.0501. The summed E-state index contributed by atoms with van der Waals surface area (Å²) in [4.78, 5) is 28.8. The molecule has 1 fully saturated rings. The highest BCUT2D eigenvalue weighted by Crippen LogP contribution is 2.55. The van der Waals surface area contributed by atoms with Crippen LogP contribution in [0.5, 0.6) is 17.2 Å². The number of para-hydroxylation sites is 1. The number of anilines is 2. The summed E-state index contributed by atoms with van der Waals surface area (Å²) in [6, 6.07) is 18.8. The van der Waals surface area contributed by atoms with Crippen LogP contribution in [-0.2, 0) is 16.8 Å². The molecule has 194 valence electrons. The van der Waals surface area contributed by atoms with E-state index in [0.29, 0.717) is 40.4 Å². The zero-order valence-electron chi connectivity index (χ0n) is 20.7. The molecule has 1 aromatic heterocycles. The van der Waals surface area contributed by atoms with Gasteiger partial charge in [0.25, 0.3) is 5.91 Å². The van der Waals surface area contributed by atoms with E-state index in [1.807, 2.05) is 48.5 Å². The van der Waals surface area contributed by atoms with Crippen molar-refractivity contribution < 1.29 is 23.8 Å². The summed E-state index contributed by atoms with van der Waals surface area (Å²) in [5.74, 6) is 2.09. The van der Waals surface area contributed by atoms with E-state index >= 15 is 0 Å². The Labute approximate surface area is 227 Å². The molecule has 4 heterocycles. The molecule has 1 aliphatic carbocycles. The topological polar surface area (TPSA) is 103 Å². The molecule has 3 aromatic carbocycles. The van der Waals surface area contributed by atoms with Crippen LogP contribution >= 0.6 is 11.3 Å². The summed E-state index contributed by atoms with van der Waals surface area (Å²) in [5.41, 5.74) is 3.02. The van der Waals surface area contributed by atoms with E-state index in [4.69, 9.17) is 14.2 Å². The first-order chi connectivity index (χ1) is 19.1. The van der Waals surface area contributed by atoms with Gasteiger partial charge in [0.15, 0.2) is 11.5 Å². The van der Waals surface area contributed by atoms with Crippen LogP contribution in [0.15, 0.2) is 60.7 Å². The molecule has 3 aliphatic heterocycles. The largest absolute Gasteiger partial charge is 0.491 e. The molecule has 1 spiro atoms. The fourth-order valence-electron chi connectivity index (χ4n) is 5.62. The monoisotopic (exact) mass is 538 g/mol. The first kappa shape index (κ1) is 22.5. The highest BCUT2D eigenvalue weighted by atomic mass is 32.1. The third-order valence-electron chi connectivity index (χ3n) is 7.79. The second-order valence-electron chi connectivity index (χ2n) is 10.2. The minimum atomic E-state index is -0.951. The van der Waals surface area contributed by atoms with Gasteiger partial charge in [-0.15, -0.1) is 10.2 Å². The van der Waals surface area contributed by atoms with Gasteiger partial charge in [-0.05, 0) is 48.2 Å². The first-order valence-electron chi connectivity index (χ1n) is 12.8. The summed E-state index contributed by atoms with van der Waals surface area (Å²) in [6.45, 7) is 0.726. The molecule has 39 heavy (non-hydrogen) atoms. The van der Waals surface area contributed by atoms with Crippen molar-refractivity contribution in [3.05, 3.63) is 87.9 Å². The van der Waals surface area contributed by atoms with Crippen molar-refractivity contribution in [3.8, 4) is 17.2 Å². The summed E-state index contributed by atoms with van der Waals surface area (Å²) in [6.07, 6.45) is 2.28. The smallest absolute Gasteiger partial charge is 0.257 e. The number of carbonyl (C=O) groups excluding carboxylic acids is 2. The standard InChI is InChI=1S/C29H22N4O5S/c34-25(30-28-32-31-26(39-28)18-9-10-18)17-7-5-16(6-8-17)13-33-21-4-2-1-3-19(21)29(27(33)35)14-36-22-12-24-23(11-20(22)29)37-15-38-24/h1-8,11-12,18H,9-10,13-15H2,(H,30,32,34). The summed E-state index contributed by atoms with van der Waals surface area (Å²) < 4.78 is 17.2. The average molecular weight is 539 g/mol. The summed E-state index contributed by atoms with van der Waals surface area (Å²) in [7, 11) is 0. The van der Waals surface area contributed by atoms with E-state index in [9.17, 15) is 9.59 Å². The summed E-state index contributed by atoms with van der Waals surface area (Å²) >= 11 is 1.43. The number of aromatic nitrogens is 2. The maximum absolute atomic E-state index is 14.2. The van der Waals surface area contributed by atoms with E-state index in [1.165, 1.54) is 11.3 Å². The van der Waals surface area contributed by atoms with E-state index in [1.54, 1.807) is 17.0 Å². The van der Waals surface area contributed by atoms with Crippen LogP contribution in [0.4, 0.5) is 10.8 Å². The zero-order valence-corrected chi connectivity index (χ0v) is 21.5. The van der Waals surface area contributed by atoms with Gasteiger partial charge in [0.05, 0.1) is 6.54 Å². The van der Waals surface area contributed by atoms with Crippen LogP contribution in [0.1, 0.15) is 50.8 Å². The van der Waals surface area contributed by atoms with Gasteiger partial charge in [0.1, 0.15) is 22.8 Å². The minimum Gasteiger partial charge on any atom is -0.491 e. The molecule has 9 nitrogen and oxygen atoms in total. The van der Waals surface area contributed by atoms with Crippen molar-refractivity contribution in [1.82, 2.24) is 10.2 Å². The molecule has 0 radical (unpaired) electrons. The van der Waals surface area contributed by atoms with Crippen molar-refractivity contribution in [3.63, 3.8) is 0 Å². The Morgan fingerprint density at radius 2 is 1.77 bits per heavy atom. The lowest BCUT2D eigenvalue weighted by molar-refractivity contribution is -0.122. The van der Waals surface area contributed by atoms with Gasteiger partial charge in [-0.2, -0.15) is 0 Å². The number of fused-ring (bicyclic) bond motifs is 5. The molecule has 1 N–H and O–H groups in total. The maximum Gasteiger partial charge on any atom is 0.257 e. The van der Waals surface area contributed by atoms with Gasteiger partial charge < -0.3 is 19.1 Å². The lowest BCUT2D eigenvalue weighted by Gasteiger charge is -2.23. The highest BCUT2D eigenvalue weighted by molar-refractivity contribution is 7.15. The Kier molecular flexibility index (Phi) is 4.78. The van der Waals surface area contributed by atoms with Crippen molar-refractivity contribution in [2.75, 3.05) is 23.6 Å². The Morgan fingerprint density at radius 1 is 0.974 bits per heavy atom. The quantitative estimate of drug-likeness (QED) is 0.396. The van der Waals surface area contributed by atoms with Crippen LogP contribution in [0.25, 0.3) is 0 Å². The molecule has 10 heteroatoms. The van der Waals surface area contributed by atoms with Gasteiger partial charge in [-0.25, -0.2) is 0 Å². The number of hydrogen-bond acceptors (Lipinski definition) is 8. The average Bonchev–Trinajstić information content (AvgIpc) is 3.27. The van der Waals surface area contributed by atoms with Gasteiger partial charge in [0.2, 0.25) is 17.8 Å². The van der Waals surface area contributed by atoms with Crippen molar-refractivity contribution in [1.29, 1.82) is 0 Å². The van der Waals surface area contributed by atoms with Crippen LogP contribution in [0.3, 0.4) is 0 Å². The Hall–Kier alpha value is -4.44. The fraction of sp³-hybridized carbons (Fsp3) is 0.241. The number of benzene rings is 3. The van der Waals surface area contributed by atoms with Crippen molar-refractivity contribution >= 4 is 34.0 Å². The second kappa shape index (κ2) is 8.28. The van der Waals surface area contributed by atoms with Crippen LogP contribution < -0.4 is 24.4 Å². The van der Waals surface area contributed by atoms with E-state index in [0.717, 1.165) is 40.2 Å².